The van der Waals surface area contributed by atoms with Crippen LogP contribution in [0.25, 0.3) is 0 Å². The first-order chi connectivity index (χ1) is 10.8. The van der Waals surface area contributed by atoms with E-state index in [0.29, 0.717) is 6.61 Å². The monoisotopic (exact) mass is 305 g/mol. The van der Waals surface area contributed by atoms with Gasteiger partial charge in [-0.1, -0.05) is 19.3 Å². The summed E-state index contributed by atoms with van der Waals surface area (Å²) in [6, 6.07) is 0.0990. The topological polar surface area (TPSA) is 56.1 Å². The summed E-state index contributed by atoms with van der Waals surface area (Å²) in [6.07, 6.45) is 11.1. The lowest BCUT2D eigenvalue weighted by molar-refractivity contribution is -0.126. The predicted molar refractivity (Wildman–Crippen MR) is 84.5 cm³/mol. The van der Waals surface area contributed by atoms with Crippen molar-refractivity contribution in [3.05, 3.63) is 17.5 Å². The number of carbonyl (C=O) groups excluding carboxylic acids is 1. The maximum atomic E-state index is 12.5. The largest absolute Gasteiger partial charge is 0.383 e. The highest BCUT2D eigenvalue weighted by atomic mass is 16.5. The molecule has 0 bridgehead atoms. The Kier molecular flexibility index (Phi) is 5.13. The zero-order valence-corrected chi connectivity index (χ0v) is 13.5. The van der Waals surface area contributed by atoms with Crippen LogP contribution in [0.1, 0.15) is 62.2 Å². The molecule has 1 aromatic heterocycles. The Labute approximate surface area is 132 Å². The van der Waals surface area contributed by atoms with Crippen molar-refractivity contribution in [3.8, 4) is 0 Å². The molecule has 0 radical (unpaired) electrons. The molecule has 1 heterocycles. The zero-order chi connectivity index (χ0) is 15.4. The van der Waals surface area contributed by atoms with Gasteiger partial charge in [-0.2, -0.15) is 5.10 Å². The van der Waals surface area contributed by atoms with Crippen molar-refractivity contribution in [1.82, 2.24) is 15.1 Å². The van der Waals surface area contributed by atoms with Gasteiger partial charge in [-0.3, -0.25) is 9.48 Å². The van der Waals surface area contributed by atoms with E-state index in [1.807, 2.05) is 4.68 Å². The molecule has 1 aromatic rings. The van der Waals surface area contributed by atoms with Crippen molar-refractivity contribution in [1.29, 1.82) is 0 Å². The van der Waals surface area contributed by atoms with Gasteiger partial charge in [0.25, 0.3) is 0 Å². The van der Waals surface area contributed by atoms with Crippen molar-refractivity contribution in [2.24, 2.45) is 5.92 Å². The molecule has 0 spiro atoms. The first kappa shape index (κ1) is 15.5. The average molecular weight is 305 g/mol. The Morgan fingerprint density at radius 1 is 1.32 bits per heavy atom. The standard InChI is InChI=1S/C17H27N3O2/c1-22-11-10-20-12-14-8-5-9-15(16(14)19-20)18-17(21)13-6-3-2-4-7-13/h12-13,15H,2-11H2,1H3,(H,18,21). The van der Waals surface area contributed by atoms with E-state index < -0.39 is 0 Å². The predicted octanol–water partition coefficient (Wildman–Crippen LogP) is 2.60. The Morgan fingerprint density at radius 3 is 2.91 bits per heavy atom. The molecule has 3 rings (SSSR count). The number of aromatic nitrogens is 2. The molecule has 1 fully saturated rings. The summed E-state index contributed by atoms with van der Waals surface area (Å²) in [5, 5.41) is 7.96. The number of ether oxygens (including phenoxy) is 1. The van der Waals surface area contributed by atoms with Gasteiger partial charge in [-0.05, 0) is 37.7 Å². The minimum atomic E-state index is 0.0990. The molecule has 2 aliphatic rings. The summed E-state index contributed by atoms with van der Waals surface area (Å²) in [7, 11) is 1.70. The van der Waals surface area contributed by atoms with Gasteiger partial charge >= 0.3 is 0 Å². The zero-order valence-electron chi connectivity index (χ0n) is 13.5. The van der Waals surface area contributed by atoms with E-state index in [1.54, 1.807) is 7.11 Å². The summed E-state index contributed by atoms with van der Waals surface area (Å²) in [4.78, 5) is 12.5. The van der Waals surface area contributed by atoms with E-state index >= 15 is 0 Å². The van der Waals surface area contributed by atoms with Crippen LogP contribution < -0.4 is 5.32 Å². The van der Waals surface area contributed by atoms with Crippen LogP contribution in [0.2, 0.25) is 0 Å². The second kappa shape index (κ2) is 7.27. The SMILES string of the molecule is COCCn1cc2c(n1)C(NC(=O)C1CCCCC1)CCC2. The van der Waals surface area contributed by atoms with Gasteiger partial charge in [0, 0.05) is 19.2 Å². The lowest BCUT2D eigenvalue weighted by Crippen LogP contribution is -2.36. The van der Waals surface area contributed by atoms with Crippen LogP contribution in [-0.2, 0) is 22.5 Å². The van der Waals surface area contributed by atoms with E-state index in [4.69, 9.17) is 4.74 Å². The molecule has 0 aliphatic heterocycles. The van der Waals surface area contributed by atoms with Gasteiger partial charge in [0.2, 0.25) is 5.91 Å². The minimum Gasteiger partial charge on any atom is -0.383 e. The third kappa shape index (κ3) is 3.51. The fourth-order valence-electron chi connectivity index (χ4n) is 3.69. The molecule has 1 saturated carbocycles. The number of nitrogens with one attached hydrogen (secondary N) is 1. The van der Waals surface area contributed by atoms with Crippen LogP contribution in [0, 0.1) is 5.92 Å². The number of aryl methyl sites for hydroxylation is 1. The van der Waals surface area contributed by atoms with Crippen LogP contribution in [0.4, 0.5) is 0 Å². The van der Waals surface area contributed by atoms with E-state index in [9.17, 15) is 4.79 Å². The van der Waals surface area contributed by atoms with Crippen molar-refractivity contribution in [2.45, 2.75) is 64.0 Å². The Morgan fingerprint density at radius 2 is 2.14 bits per heavy atom. The second-order valence-electron chi connectivity index (χ2n) is 6.58. The highest BCUT2D eigenvalue weighted by Crippen LogP contribution is 2.30. The number of nitrogens with zero attached hydrogens (tertiary/aromatic N) is 2. The molecule has 0 aromatic carbocycles. The van der Waals surface area contributed by atoms with E-state index in [0.717, 1.165) is 44.3 Å². The summed E-state index contributed by atoms with van der Waals surface area (Å²) in [6.45, 7) is 1.44. The fourth-order valence-corrected chi connectivity index (χ4v) is 3.69. The molecule has 2 aliphatic carbocycles. The van der Waals surface area contributed by atoms with Gasteiger partial charge in [-0.25, -0.2) is 0 Å². The lowest BCUT2D eigenvalue weighted by Gasteiger charge is -2.26. The second-order valence-corrected chi connectivity index (χ2v) is 6.58. The van der Waals surface area contributed by atoms with Crippen LogP contribution in [0.15, 0.2) is 6.20 Å². The molecule has 22 heavy (non-hydrogen) atoms. The Balaban J connectivity index is 1.65. The number of fused-ring (bicyclic) bond motifs is 1. The van der Waals surface area contributed by atoms with Gasteiger partial charge < -0.3 is 10.1 Å². The third-order valence-electron chi connectivity index (χ3n) is 4.96. The van der Waals surface area contributed by atoms with Gasteiger partial charge in [-0.15, -0.1) is 0 Å². The van der Waals surface area contributed by atoms with Crippen molar-refractivity contribution in [3.63, 3.8) is 0 Å². The number of rotatable bonds is 5. The quantitative estimate of drug-likeness (QED) is 0.909. The van der Waals surface area contributed by atoms with E-state index in [-0.39, 0.29) is 17.9 Å². The third-order valence-corrected chi connectivity index (χ3v) is 4.96. The normalized spacial score (nSPS) is 22.3. The lowest BCUT2D eigenvalue weighted by atomic mass is 9.87. The molecule has 5 nitrogen and oxygen atoms in total. The van der Waals surface area contributed by atoms with Crippen molar-refractivity contribution >= 4 is 5.91 Å². The summed E-state index contributed by atoms with van der Waals surface area (Å²) in [5.41, 5.74) is 2.36. The number of hydrogen-bond donors (Lipinski definition) is 1. The number of methoxy groups -OCH3 is 1. The molecule has 1 N–H and O–H groups in total. The highest BCUT2D eigenvalue weighted by Gasteiger charge is 2.28. The van der Waals surface area contributed by atoms with Crippen LogP contribution in [0.5, 0.6) is 0 Å². The van der Waals surface area contributed by atoms with E-state index in [2.05, 4.69) is 16.6 Å². The van der Waals surface area contributed by atoms with Gasteiger partial charge in [0.15, 0.2) is 0 Å². The van der Waals surface area contributed by atoms with Crippen molar-refractivity contribution < 1.29 is 9.53 Å². The summed E-state index contributed by atoms with van der Waals surface area (Å²) >= 11 is 0. The molecule has 0 saturated heterocycles. The first-order valence-electron chi connectivity index (χ1n) is 8.63. The Hall–Kier alpha value is -1.36. The van der Waals surface area contributed by atoms with E-state index in [1.165, 1.54) is 24.8 Å². The molecular weight excluding hydrogens is 278 g/mol. The number of carbonyl (C=O) groups is 1. The number of amides is 1. The summed E-state index contributed by atoms with van der Waals surface area (Å²) in [5.74, 6) is 0.457. The molecule has 1 atom stereocenters. The minimum absolute atomic E-state index is 0.0990. The maximum Gasteiger partial charge on any atom is 0.223 e. The van der Waals surface area contributed by atoms with Crippen LogP contribution in [0.3, 0.4) is 0 Å². The van der Waals surface area contributed by atoms with Crippen LogP contribution in [-0.4, -0.2) is 29.4 Å². The maximum absolute atomic E-state index is 12.5. The van der Waals surface area contributed by atoms with Gasteiger partial charge in [0.05, 0.1) is 24.9 Å². The molecule has 1 unspecified atom stereocenters. The molecule has 122 valence electrons. The smallest absolute Gasteiger partial charge is 0.223 e. The Bertz CT molecular complexity index is 506. The number of hydrogen-bond acceptors (Lipinski definition) is 3. The molecule has 5 heteroatoms. The molecular formula is C17H27N3O2. The van der Waals surface area contributed by atoms with Crippen LogP contribution >= 0.6 is 0 Å². The van der Waals surface area contributed by atoms with Crippen molar-refractivity contribution in [2.75, 3.05) is 13.7 Å². The first-order valence-corrected chi connectivity index (χ1v) is 8.63. The molecule has 1 amide bonds. The average Bonchev–Trinajstić information content (AvgIpc) is 2.98. The fraction of sp³-hybridized carbons (Fsp3) is 0.765. The highest BCUT2D eigenvalue weighted by molar-refractivity contribution is 5.79. The summed E-state index contributed by atoms with van der Waals surface area (Å²) < 4.78 is 7.08. The van der Waals surface area contributed by atoms with Gasteiger partial charge in [0.1, 0.15) is 0 Å².